The van der Waals surface area contributed by atoms with E-state index in [4.69, 9.17) is 4.52 Å². The summed E-state index contributed by atoms with van der Waals surface area (Å²) in [4.78, 5) is 16.3. The standard InChI is InChI=1S/C16H19N5O2/c1-9-6-10(2)8-11(7-9)13-17-15(23-20-13)12-4-3-5-21-14(12)18-19-16(21)22/h3-5,9-11H,6-8H2,1-2H3,(H,19,22). The zero-order chi connectivity index (χ0) is 16.0. The first kappa shape index (κ1) is 14.2. The lowest BCUT2D eigenvalue weighted by atomic mass is 9.76. The van der Waals surface area contributed by atoms with Crippen molar-refractivity contribution in [2.24, 2.45) is 11.8 Å². The number of nitrogens with one attached hydrogen (secondary N) is 1. The number of rotatable bonds is 2. The van der Waals surface area contributed by atoms with Gasteiger partial charge in [-0.25, -0.2) is 14.3 Å². The van der Waals surface area contributed by atoms with Crippen LogP contribution in [0, 0.1) is 11.8 Å². The highest BCUT2D eigenvalue weighted by molar-refractivity contribution is 5.70. The van der Waals surface area contributed by atoms with Crippen molar-refractivity contribution >= 4 is 5.65 Å². The molecule has 0 aromatic carbocycles. The highest BCUT2D eigenvalue weighted by atomic mass is 16.5. The molecule has 0 saturated heterocycles. The summed E-state index contributed by atoms with van der Waals surface area (Å²) in [5, 5.41) is 10.7. The Hall–Kier alpha value is -2.44. The third kappa shape index (κ3) is 2.46. The summed E-state index contributed by atoms with van der Waals surface area (Å²) in [5.41, 5.74) is 0.885. The molecule has 0 bridgehead atoms. The zero-order valence-corrected chi connectivity index (χ0v) is 13.2. The van der Waals surface area contributed by atoms with Gasteiger partial charge in [-0.05, 0) is 43.2 Å². The SMILES string of the molecule is CC1CC(C)CC(c2noc(-c3cccn4c(=O)[nH]nc34)n2)C1. The van der Waals surface area contributed by atoms with E-state index in [9.17, 15) is 4.79 Å². The summed E-state index contributed by atoms with van der Waals surface area (Å²) in [6.45, 7) is 4.56. The summed E-state index contributed by atoms with van der Waals surface area (Å²) >= 11 is 0. The Morgan fingerprint density at radius 3 is 2.83 bits per heavy atom. The molecule has 0 amide bonds. The molecule has 0 aliphatic heterocycles. The molecule has 1 fully saturated rings. The maximum absolute atomic E-state index is 11.7. The van der Waals surface area contributed by atoms with Crippen LogP contribution >= 0.6 is 0 Å². The van der Waals surface area contributed by atoms with E-state index in [-0.39, 0.29) is 5.69 Å². The van der Waals surface area contributed by atoms with Crippen LogP contribution in [0.4, 0.5) is 0 Å². The normalized spacial score (nSPS) is 25.0. The van der Waals surface area contributed by atoms with Gasteiger partial charge < -0.3 is 4.52 Å². The number of fused-ring (bicyclic) bond motifs is 1. The van der Waals surface area contributed by atoms with Crippen molar-refractivity contribution in [3.05, 3.63) is 34.6 Å². The van der Waals surface area contributed by atoms with Crippen LogP contribution in [-0.4, -0.2) is 24.7 Å². The highest BCUT2D eigenvalue weighted by Gasteiger charge is 2.29. The van der Waals surface area contributed by atoms with E-state index in [2.05, 4.69) is 34.2 Å². The van der Waals surface area contributed by atoms with Gasteiger partial charge in [0.15, 0.2) is 11.5 Å². The lowest BCUT2D eigenvalue weighted by Gasteiger charge is -2.29. The van der Waals surface area contributed by atoms with Gasteiger partial charge in [0.25, 0.3) is 5.89 Å². The monoisotopic (exact) mass is 313 g/mol. The Morgan fingerprint density at radius 2 is 2.04 bits per heavy atom. The van der Waals surface area contributed by atoms with Crippen LogP contribution in [-0.2, 0) is 0 Å². The molecule has 0 spiro atoms. The maximum Gasteiger partial charge on any atom is 0.347 e. The second-order valence-corrected chi connectivity index (χ2v) is 6.72. The molecule has 2 unspecified atom stereocenters. The van der Waals surface area contributed by atoms with E-state index in [1.54, 1.807) is 12.3 Å². The first-order valence-electron chi connectivity index (χ1n) is 8.01. The molecule has 7 nitrogen and oxygen atoms in total. The molecule has 1 N–H and O–H groups in total. The Labute approximate surface area is 132 Å². The van der Waals surface area contributed by atoms with Crippen LogP contribution in [0.5, 0.6) is 0 Å². The fraction of sp³-hybridized carbons (Fsp3) is 0.500. The first-order chi connectivity index (χ1) is 11.1. The third-order valence-corrected chi connectivity index (χ3v) is 4.66. The first-order valence-corrected chi connectivity index (χ1v) is 8.01. The highest BCUT2D eigenvalue weighted by Crippen LogP contribution is 2.38. The Kier molecular flexibility index (Phi) is 3.28. The minimum absolute atomic E-state index is 0.281. The molecule has 1 saturated carbocycles. The third-order valence-electron chi connectivity index (χ3n) is 4.66. The van der Waals surface area contributed by atoms with Crippen LogP contribution in [0.3, 0.4) is 0 Å². The summed E-state index contributed by atoms with van der Waals surface area (Å²) in [6.07, 6.45) is 5.11. The number of nitrogens with zero attached hydrogens (tertiary/aromatic N) is 4. The molecule has 0 radical (unpaired) electrons. The molecule has 1 aliphatic carbocycles. The second kappa shape index (κ2) is 5.33. The van der Waals surface area contributed by atoms with E-state index in [1.807, 2.05) is 6.07 Å². The van der Waals surface area contributed by atoms with Crippen LogP contribution in [0.2, 0.25) is 0 Å². The lowest BCUT2D eigenvalue weighted by Crippen LogP contribution is -2.19. The van der Waals surface area contributed by atoms with Crippen molar-refractivity contribution in [2.75, 3.05) is 0 Å². The van der Waals surface area contributed by atoms with Gasteiger partial charge >= 0.3 is 5.69 Å². The predicted molar refractivity (Wildman–Crippen MR) is 84.0 cm³/mol. The molecule has 7 heteroatoms. The Morgan fingerprint density at radius 1 is 1.26 bits per heavy atom. The zero-order valence-electron chi connectivity index (χ0n) is 13.2. The summed E-state index contributed by atoms with van der Waals surface area (Å²) in [5.74, 6) is 2.87. The van der Waals surface area contributed by atoms with Crippen LogP contribution in [0.1, 0.15) is 44.9 Å². The van der Waals surface area contributed by atoms with Crippen molar-refractivity contribution in [3.63, 3.8) is 0 Å². The topological polar surface area (TPSA) is 89.1 Å². The number of H-pyrrole nitrogens is 1. The molecular weight excluding hydrogens is 294 g/mol. The molecule has 120 valence electrons. The van der Waals surface area contributed by atoms with E-state index in [0.717, 1.165) is 18.7 Å². The van der Waals surface area contributed by atoms with Gasteiger partial charge in [0.1, 0.15) is 0 Å². The van der Waals surface area contributed by atoms with Crippen molar-refractivity contribution < 1.29 is 4.52 Å². The van der Waals surface area contributed by atoms with Crippen molar-refractivity contribution in [1.29, 1.82) is 0 Å². The van der Waals surface area contributed by atoms with Gasteiger partial charge in [-0.3, -0.25) is 0 Å². The number of hydrogen-bond donors (Lipinski definition) is 1. The minimum Gasteiger partial charge on any atom is -0.334 e. The molecule has 23 heavy (non-hydrogen) atoms. The molecule has 2 atom stereocenters. The number of aromatic nitrogens is 5. The molecule has 3 aromatic rings. The average molecular weight is 313 g/mol. The maximum atomic E-state index is 11.7. The van der Waals surface area contributed by atoms with Gasteiger partial charge in [0.2, 0.25) is 0 Å². The van der Waals surface area contributed by atoms with Gasteiger partial charge in [0.05, 0.1) is 5.56 Å². The molecule has 4 rings (SSSR count). The van der Waals surface area contributed by atoms with Gasteiger partial charge in [-0.1, -0.05) is 19.0 Å². The largest absolute Gasteiger partial charge is 0.347 e. The van der Waals surface area contributed by atoms with Crippen molar-refractivity contribution in [2.45, 2.75) is 39.0 Å². The number of aromatic amines is 1. The summed E-state index contributed by atoms with van der Waals surface area (Å²) < 4.78 is 6.90. The molecule has 3 heterocycles. The van der Waals surface area contributed by atoms with E-state index >= 15 is 0 Å². The quantitative estimate of drug-likeness (QED) is 0.785. The van der Waals surface area contributed by atoms with Crippen molar-refractivity contribution in [1.82, 2.24) is 24.7 Å². The smallest absolute Gasteiger partial charge is 0.334 e. The van der Waals surface area contributed by atoms with E-state index < -0.39 is 0 Å². The predicted octanol–water partition coefficient (Wildman–Crippen LogP) is 2.61. The van der Waals surface area contributed by atoms with E-state index in [1.165, 1.54) is 10.8 Å². The van der Waals surface area contributed by atoms with Crippen LogP contribution in [0.25, 0.3) is 17.1 Å². The second-order valence-electron chi connectivity index (χ2n) is 6.72. The molecule has 3 aromatic heterocycles. The fourth-order valence-electron chi connectivity index (χ4n) is 3.77. The van der Waals surface area contributed by atoms with Gasteiger partial charge in [0, 0.05) is 12.1 Å². The number of pyridine rings is 1. The number of hydrogen-bond acceptors (Lipinski definition) is 5. The van der Waals surface area contributed by atoms with Crippen LogP contribution < -0.4 is 5.69 Å². The van der Waals surface area contributed by atoms with E-state index in [0.29, 0.717) is 34.9 Å². The van der Waals surface area contributed by atoms with Gasteiger partial charge in [-0.2, -0.15) is 10.1 Å². The summed E-state index contributed by atoms with van der Waals surface area (Å²) in [7, 11) is 0. The molecular formula is C16H19N5O2. The average Bonchev–Trinajstić information content (AvgIpc) is 3.14. The van der Waals surface area contributed by atoms with Crippen molar-refractivity contribution in [3.8, 4) is 11.5 Å². The van der Waals surface area contributed by atoms with Crippen LogP contribution in [0.15, 0.2) is 27.6 Å². The molecule has 1 aliphatic rings. The lowest BCUT2D eigenvalue weighted by molar-refractivity contribution is 0.257. The Balaban J connectivity index is 1.71. The van der Waals surface area contributed by atoms with Gasteiger partial charge in [-0.15, -0.1) is 0 Å². The summed E-state index contributed by atoms with van der Waals surface area (Å²) in [6, 6.07) is 3.60. The minimum atomic E-state index is -0.281. The Bertz CT molecular complexity index is 883. The fourth-order valence-corrected chi connectivity index (χ4v) is 3.77.